The minimum Gasteiger partial charge on any atom is -0.449 e. The van der Waals surface area contributed by atoms with E-state index >= 15 is 0 Å². The van der Waals surface area contributed by atoms with Crippen molar-refractivity contribution in [2.45, 2.75) is 58.1 Å². The van der Waals surface area contributed by atoms with Crippen molar-refractivity contribution >= 4 is 35.5 Å². The molecule has 13 nitrogen and oxygen atoms in total. The predicted octanol–water partition coefficient (Wildman–Crippen LogP) is 5.33. The number of carbonyl (C=O) groups excluding carboxylic acids is 4. The van der Waals surface area contributed by atoms with E-state index in [1.54, 1.807) is 44.8 Å². The van der Waals surface area contributed by atoms with E-state index in [0.29, 0.717) is 17.9 Å². The predicted molar refractivity (Wildman–Crippen MR) is 185 cm³/mol. The Balaban J connectivity index is 1.25. The molecule has 0 spiro atoms. The van der Waals surface area contributed by atoms with Crippen LogP contribution in [0.15, 0.2) is 67.0 Å². The Morgan fingerprint density at radius 3 is 2.16 bits per heavy atom. The van der Waals surface area contributed by atoms with Crippen LogP contribution in [0.5, 0.6) is 0 Å². The van der Waals surface area contributed by atoms with Gasteiger partial charge in [-0.3, -0.25) is 9.59 Å². The zero-order chi connectivity index (χ0) is 35.3. The highest BCUT2D eigenvalue weighted by atomic mass is 16.6. The van der Waals surface area contributed by atoms with Crippen LogP contribution in [0.3, 0.4) is 0 Å². The van der Waals surface area contributed by atoms with E-state index in [0.717, 1.165) is 28.1 Å². The van der Waals surface area contributed by atoms with Gasteiger partial charge in [0.05, 0.1) is 5.69 Å². The van der Waals surface area contributed by atoms with Gasteiger partial charge in [0.15, 0.2) is 5.82 Å². The lowest BCUT2D eigenvalue weighted by atomic mass is 9.98. The maximum atomic E-state index is 13.5. The number of amides is 4. The SMILES string of the molecule is CCc1nc(NC(=O)c2cc(NC(=O)[C@H](CCNC(=O)OC(C)(C)C)NC(=O)OCC3c4ccccc4-c4ccccc43)cn2C)cn1C. The molecule has 1 aliphatic carbocycles. The molecule has 4 aromatic rings. The average Bonchev–Trinajstić information content (AvgIpc) is 3.70. The molecular weight excluding hydrogens is 626 g/mol. The Bertz CT molecular complexity index is 1810. The molecule has 1 atom stereocenters. The van der Waals surface area contributed by atoms with Gasteiger partial charge in [0.25, 0.3) is 5.91 Å². The molecule has 0 saturated carbocycles. The number of carbonyl (C=O) groups is 4. The highest BCUT2D eigenvalue weighted by Crippen LogP contribution is 2.44. The van der Waals surface area contributed by atoms with Crippen molar-refractivity contribution in [2.75, 3.05) is 23.8 Å². The molecule has 0 fully saturated rings. The number of hydrogen-bond acceptors (Lipinski definition) is 7. The summed E-state index contributed by atoms with van der Waals surface area (Å²) in [7, 11) is 3.53. The first-order valence-electron chi connectivity index (χ1n) is 16.2. The fraction of sp³-hybridized carbons (Fsp3) is 0.361. The number of alkyl carbamates (subject to hydrolysis) is 2. The summed E-state index contributed by atoms with van der Waals surface area (Å²) >= 11 is 0. The molecule has 0 radical (unpaired) electrons. The van der Waals surface area contributed by atoms with Crippen molar-refractivity contribution in [1.29, 1.82) is 0 Å². The molecule has 0 saturated heterocycles. The van der Waals surface area contributed by atoms with Gasteiger partial charge in [-0.15, -0.1) is 0 Å². The zero-order valence-corrected chi connectivity index (χ0v) is 28.6. The molecule has 258 valence electrons. The van der Waals surface area contributed by atoms with E-state index in [1.807, 2.05) is 67.1 Å². The zero-order valence-electron chi connectivity index (χ0n) is 28.6. The van der Waals surface area contributed by atoms with Gasteiger partial charge in [0.2, 0.25) is 5.91 Å². The molecular formula is C36H43N7O6. The van der Waals surface area contributed by atoms with Crippen molar-refractivity contribution in [2.24, 2.45) is 14.1 Å². The second kappa shape index (κ2) is 14.7. The summed E-state index contributed by atoms with van der Waals surface area (Å²) in [4.78, 5) is 56.4. The van der Waals surface area contributed by atoms with Crippen LogP contribution < -0.4 is 21.3 Å². The van der Waals surface area contributed by atoms with Crippen LogP contribution in [-0.4, -0.2) is 62.9 Å². The molecule has 0 aliphatic heterocycles. The minimum atomic E-state index is -1.09. The number of ether oxygens (including phenoxy) is 2. The van der Waals surface area contributed by atoms with Crippen molar-refractivity contribution in [3.8, 4) is 11.1 Å². The Kier molecular flexibility index (Phi) is 10.4. The molecule has 2 aromatic carbocycles. The summed E-state index contributed by atoms with van der Waals surface area (Å²) in [6.45, 7) is 7.31. The number of benzene rings is 2. The number of nitrogens with zero attached hydrogens (tertiary/aromatic N) is 3. The van der Waals surface area contributed by atoms with Crippen molar-refractivity contribution in [3.05, 3.63) is 89.6 Å². The lowest BCUT2D eigenvalue weighted by Crippen LogP contribution is -2.46. The minimum absolute atomic E-state index is 0.0307. The van der Waals surface area contributed by atoms with Crippen LogP contribution in [0.1, 0.15) is 67.5 Å². The first kappa shape index (κ1) is 34.7. The lowest BCUT2D eigenvalue weighted by molar-refractivity contribution is -0.118. The molecule has 49 heavy (non-hydrogen) atoms. The maximum Gasteiger partial charge on any atom is 0.407 e. The Hall–Kier alpha value is -5.59. The number of aryl methyl sites for hydroxylation is 3. The standard InChI is InChI=1S/C36H43N7O6/c1-7-31-40-30(20-43(31)6)41-33(45)29-18-22(19-42(29)5)38-32(44)28(16-17-37-34(46)49-36(2,3)4)39-35(47)48-21-27-25-14-10-8-12-23(25)24-13-9-11-15-26(24)27/h8-15,18-20,27-28H,7,16-17,21H2,1-6H3,(H,37,46)(H,38,44)(H,39,47)(H,41,45)/t28-/m0/s1. The number of imidazole rings is 1. The summed E-state index contributed by atoms with van der Waals surface area (Å²) in [6.07, 6.45) is 2.64. The molecule has 1 aliphatic rings. The monoisotopic (exact) mass is 669 g/mol. The number of anilines is 2. The first-order valence-corrected chi connectivity index (χ1v) is 16.2. The summed E-state index contributed by atoms with van der Waals surface area (Å²) in [5, 5.41) is 10.8. The van der Waals surface area contributed by atoms with Crippen molar-refractivity contribution < 1.29 is 28.7 Å². The summed E-state index contributed by atoms with van der Waals surface area (Å²) in [5.74, 6) is 0.119. The van der Waals surface area contributed by atoms with Crippen LogP contribution in [0.2, 0.25) is 0 Å². The van der Waals surface area contributed by atoms with E-state index in [-0.39, 0.29) is 31.2 Å². The lowest BCUT2D eigenvalue weighted by Gasteiger charge is -2.21. The van der Waals surface area contributed by atoms with E-state index in [4.69, 9.17) is 9.47 Å². The normalized spacial score (nSPS) is 12.8. The van der Waals surface area contributed by atoms with Crippen LogP contribution in [0.4, 0.5) is 21.1 Å². The fourth-order valence-corrected chi connectivity index (χ4v) is 5.85. The van der Waals surface area contributed by atoms with Crippen LogP contribution >= 0.6 is 0 Å². The van der Waals surface area contributed by atoms with Crippen LogP contribution in [0, 0.1) is 0 Å². The van der Waals surface area contributed by atoms with Gasteiger partial charge in [-0.2, -0.15) is 0 Å². The van der Waals surface area contributed by atoms with Gasteiger partial charge in [-0.25, -0.2) is 14.6 Å². The van der Waals surface area contributed by atoms with Gasteiger partial charge < -0.3 is 39.9 Å². The molecule has 4 amide bonds. The molecule has 4 N–H and O–H groups in total. The van der Waals surface area contributed by atoms with E-state index in [2.05, 4.69) is 26.3 Å². The molecule has 2 heterocycles. The van der Waals surface area contributed by atoms with Crippen LogP contribution in [0.25, 0.3) is 11.1 Å². The largest absolute Gasteiger partial charge is 0.449 e. The Morgan fingerprint density at radius 1 is 0.898 bits per heavy atom. The van der Waals surface area contributed by atoms with Crippen molar-refractivity contribution in [1.82, 2.24) is 24.8 Å². The second-order valence-electron chi connectivity index (χ2n) is 12.9. The smallest absolute Gasteiger partial charge is 0.407 e. The number of nitrogens with one attached hydrogen (secondary N) is 4. The van der Waals surface area contributed by atoms with Gasteiger partial charge in [-0.05, 0) is 55.5 Å². The first-order chi connectivity index (χ1) is 23.3. The summed E-state index contributed by atoms with van der Waals surface area (Å²) in [5.41, 5.74) is 4.24. The van der Waals surface area contributed by atoms with Gasteiger partial charge in [-0.1, -0.05) is 55.5 Å². The van der Waals surface area contributed by atoms with Gasteiger partial charge in [0, 0.05) is 45.4 Å². The van der Waals surface area contributed by atoms with Crippen LogP contribution in [-0.2, 0) is 34.8 Å². The number of aromatic nitrogens is 3. The van der Waals surface area contributed by atoms with Gasteiger partial charge in [0.1, 0.15) is 29.8 Å². The highest BCUT2D eigenvalue weighted by molar-refractivity contribution is 6.04. The summed E-state index contributed by atoms with van der Waals surface area (Å²) < 4.78 is 14.4. The maximum absolute atomic E-state index is 13.5. The van der Waals surface area contributed by atoms with Gasteiger partial charge >= 0.3 is 12.2 Å². The third-order valence-corrected chi connectivity index (χ3v) is 8.09. The van der Waals surface area contributed by atoms with E-state index in [1.165, 1.54) is 6.07 Å². The molecule has 2 aromatic heterocycles. The number of hydrogen-bond donors (Lipinski definition) is 4. The Morgan fingerprint density at radius 2 is 1.55 bits per heavy atom. The number of fused-ring (bicyclic) bond motifs is 3. The highest BCUT2D eigenvalue weighted by Gasteiger charge is 2.30. The van der Waals surface area contributed by atoms with E-state index in [9.17, 15) is 19.2 Å². The molecule has 0 bridgehead atoms. The molecule has 13 heteroatoms. The Labute approximate surface area is 285 Å². The van der Waals surface area contributed by atoms with E-state index < -0.39 is 35.6 Å². The average molecular weight is 670 g/mol. The quantitative estimate of drug-likeness (QED) is 0.168. The summed E-state index contributed by atoms with van der Waals surface area (Å²) in [6, 6.07) is 16.4. The fourth-order valence-electron chi connectivity index (χ4n) is 5.85. The third-order valence-electron chi connectivity index (χ3n) is 8.09. The molecule has 5 rings (SSSR count). The third kappa shape index (κ3) is 8.47. The second-order valence-corrected chi connectivity index (χ2v) is 12.9. The van der Waals surface area contributed by atoms with Crippen molar-refractivity contribution in [3.63, 3.8) is 0 Å². The number of rotatable bonds is 11. The topological polar surface area (TPSA) is 158 Å². The molecule has 0 unspecified atom stereocenters.